The Bertz CT molecular complexity index is 653. The van der Waals surface area contributed by atoms with Gasteiger partial charge in [-0.25, -0.2) is 4.68 Å². The minimum atomic E-state index is -0.109. The van der Waals surface area contributed by atoms with Crippen LogP contribution in [0.2, 0.25) is 0 Å². The standard InChI is InChI=1S/C15H18N2O2S/c1-3-7-19-13-6-4-5-11(8-13)14-9-12(10-20)15(18)17(2)16-14/h4-6,8-9,20H,3,7,10H2,1-2H3. The molecule has 0 aliphatic carbocycles. The first kappa shape index (κ1) is 14.7. The Morgan fingerprint density at radius 2 is 2.15 bits per heavy atom. The quantitative estimate of drug-likeness (QED) is 0.861. The van der Waals surface area contributed by atoms with Crippen molar-refractivity contribution in [2.75, 3.05) is 6.61 Å². The number of rotatable bonds is 5. The van der Waals surface area contributed by atoms with Gasteiger partial charge in [0.05, 0.1) is 12.3 Å². The number of aryl methyl sites for hydroxylation is 1. The van der Waals surface area contributed by atoms with Crippen LogP contribution in [0.5, 0.6) is 5.75 Å². The van der Waals surface area contributed by atoms with Crippen LogP contribution < -0.4 is 10.3 Å². The maximum Gasteiger partial charge on any atom is 0.270 e. The average molecular weight is 290 g/mol. The molecule has 4 nitrogen and oxygen atoms in total. The van der Waals surface area contributed by atoms with E-state index in [1.165, 1.54) is 4.68 Å². The number of hydrogen-bond acceptors (Lipinski definition) is 4. The van der Waals surface area contributed by atoms with E-state index in [0.29, 0.717) is 17.9 Å². The second kappa shape index (κ2) is 6.61. The van der Waals surface area contributed by atoms with Crippen LogP contribution in [0.25, 0.3) is 11.3 Å². The van der Waals surface area contributed by atoms with Crippen molar-refractivity contribution < 1.29 is 4.74 Å². The average Bonchev–Trinajstić information content (AvgIpc) is 2.48. The van der Waals surface area contributed by atoms with Crippen LogP contribution in [0.3, 0.4) is 0 Å². The molecule has 0 unspecified atom stereocenters. The van der Waals surface area contributed by atoms with Crippen LogP contribution in [0.15, 0.2) is 35.1 Å². The van der Waals surface area contributed by atoms with E-state index in [1.54, 1.807) is 13.1 Å². The lowest BCUT2D eigenvalue weighted by atomic mass is 10.1. The van der Waals surface area contributed by atoms with Gasteiger partial charge in [-0.2, -0.15) is 17.7 Å². The van der Waals surface area contributed by atoms with Crippen molar-refractivity contribution >= 4 is 12.6 Å². The second-order valence-electron chi connectivity index (χ2n) is 4.52. The molecule has 0 amide bonds. The molecule has 5 heteroatoms. The van der Waals surface area contributed by atoms with Crippen molar-refractivity contribution in [3.63, 3.8) is 0 Å². The number of benzene rings is 1. The Kier molecular flexibility index (Phi) is 4.84. The number of ether oxygens (including phenoxy) is 1. The first-order valence-corrected chi connectivity index (χ1v) is 7.20. The molecule has 0 atom stereocenters. The Morgan fingerprint density at radius 3 is 2.85 bits per heavy atom. The van der Waals surface area contributed by atoms with Gasteiger partial charge in [0, 0.05) is 23.9 Å². The first-order chi connectivity index (χ1) is 9.65. The third-order valence-corrected chi connectivity index (χ3v) is 3.25. The van der Waals surface area contributed by atoms with Crippen molar-refractivity contribution in [1.82, 2.24) is 9.78 Å². The summed E-state index contributed by atoms with van der Waals surface area (Å²) in [7, 11) is 1.65. The summed E-state index contributed by atoms with van der Waals surface area (Å²) in [6.45, 7) is 2.75. The highest BCUT2D eigenvalue weighted by Crippen LogP contribution is 2.22. The first-order valence-electron chi connectivity index (χ1n) is 6.57. The lowest BCUT2D eigenvalue weighted by Crippen LogP contribution is -2.23. The Hall–Kier alpha value is -1.75. The van der Waals surface area contributed by atoms with E-state index < -0.39 is 0 Å². The fourth-order valence-electron chi connectivity index (χ4n) is 1.89. The van der Waals surface area contributed by atoms with Crippen molar-refractivity contribution in [1.29, 1.82) is 0 Å². The Morgan fingerprint density at radius 1 is 1.35 bits per heavy atom. The normalized spacial score (nSPS) is 10.6. The molecule has 0 radical (unpaired) electrons. The largest absolute Gasteiger partial charge is 0.494 e. The molecule has 0 saturated heterocycles. The van der Waals surface area contributed by atoms with Gasteiger partial charge in [0.15, 0.2) is 0 Å². The van der Waals surface area contributed by atoms with E-state index in [1.807, 2.05) is 24.3 Å². The second-order valence-corrected chi connectivity index (χ2v) is 4.83. The summed E-state index contributed by atoms with van der Waals surface area (Å²) in [5, 5.41) is 4.29. The van der Waals surface area contributed by atoms with Gasteiger partial charge in [0.1, 0.15) is 5.75 Å². The third kappa shape index (κ3) is 3.22. The summed E-state index contributed by atoms with van der Waals surface area (Å²) < 4.78 is 6.96. The molecule has 106 valence electrons. The van der Waals surface area contributed by atoms with E-state index >= 15 is 0 Å². The zero-order valence-corrected chi connectivity index (χ0v) is 12.6. The molecule has 1 aromatic heterocycles. The summed E-state index contributed by atoms with van der Waals surface area (Å²) in [5.74, 6) is 1.21. The molecule has 0 fully saturated rings. The van der Waals surface area contributed by atoms with Gasteiger partial charge < -0.3 is 4.74 Å². The van der Waals surface area contributed by atoms with E-state index in [9.17, 15) is 4.79 Å². The van der Waals surface area contributed by atoms with Crippen molar-refractivity contribution in [2.45, 2.75) is 19.1 Å². The molecule has 20 heavy (non-hydrogen) atoms. The molecule has 2 rings (SSSR count). The van der Waals surface area contributed by atoms with Crippen LogP contribution in [0.1, 0.15) is 18.9 Å². The zero-order valence-electron chi connectivity index (χ0n) is 11.7. The van der Waals surface area contributed by atoms with Gasteiger partial charge in [-0.3, -0.25) is 4.79 Å². The van der Waals surface area contributed by atoms with Gasteiger partial charge in [-0.15, -0.1) is 0 Å². The van der Waals surface area contributed by atoms with Crippen molar-refractivity contribution in [3.8, 4) is 17.0 Å². The smallest absolute Gasteiger partial charge is 0.270 e. The summed E-state index contributed by atoms with van der Waals surface area (Å²) in [4.78, 5) is 11.8. The Labute approximate surface area is 123 Å². The van der Waals surface area contributed by atoms with E-state index in [-0.39, 0.29) is 5.56 Å². The summed E-state index contributed by atoms with van der Waals surface area (Å²) in [5.41, 5.74) is 2.21. The highest BCUT2D eigenvalue weighted by atomic mass is 32.1. The maximum absolute atomic E-state index is 11.8. The number of thiol groups is 1. The molecule has 0 N–H and O–H groups in total. The molecular formula is C15H18N2O2S. The molecule has 1 aromatic carbocycles. The predicted molar refractivity (Wildman–Crippen MR) is 83.4 cm³/mol. The van der Waals surface area contributed by atoms with Gasteiger partial charge >= 0.3 is 0 Å². The Balaban J connectivity index is 2.41. The van der Waals surface area contributed by atoms with Crippen molar-refractivity contribution in [2.24, 2.45) is 7.05 Å². The lowest BCUT2D eigenvalue weighted by molar-refractivity contribution is 0.317. The topological polar surface area (TPSA) is 44.1 Å². The highest BCUT2D eigenvalue weighted by Gasteiger charge is 2.07. The van der Waals surface area contributed by atoms with Gasteiger partial charge in [0.25, 0.3) is 5.56 Å². The lowest BCUT2D eigenvalue weighted by Gasteiger charge is -2.08. The van der Waals surface area contributed by atoms with E-state index in [4.69, 9.17) is 4.74 Å². The van der Waals surface area contributed by atoms with Crippen LogP contribution in [-0.4, -0.2) is 16.4 Å². The third-order valence-electron chi connectivity index (χ3n) is 2.91. The van der Waals surface area contributed by atoms with Crippen LogP contribution >= 0.6 is 12.6 Å². The molecule has 2 aromatic rings. The molecule has 0 aliphatic rings. The molecule has 0 spiro atoms. The monoisotopic (exact) mass is 290 g/mol. The number of aromatic nitrogens is 2. The minimum absolute atomic E-state index is 0.109. The highest BCUT2D eigenvalue weighted by molar-refractivity contribution is 7.79. The summed E-state index contributed by atoms with van der Waals surface area (Å²) >= 11 is 4.19. The van der Waals surface area contributed by atoms with Crippen LogP contribution in [-0.2, 0) is 12.8 Å². The fraction of sp³-hybridized carbons (Fsp3) is 0.333. The molecular weight excluding hydrogens is 272 g/mol. The van der Waals surface area contributed by atoms with Crippen LogP contribution in [0.4, 0.5) is 0 Å². The predicted octanol–water partition coefficient (Wildman–Crippen LogP) is 2.67. The number of hydrogen-bond donors (Lipinski definition) is 1. The molecule has 1 heterocycles. The maximum atomic E-state index is 11.8. The molecule has 0 aliphatic heterocycles. The van der Waals surface area contributed by atoms with Crippen molar-refractivity contribution in [3.05, 3.63) is 46.2 Å². The SMILES string of the molecule is CCCOc1cccc(-c2cc(CS)c(=O)n(C)n2)c1. The van der Waals surface area contributed by atoms with Gasteiger partial charge in [-0.05, 0) is 24.6 Å². The van der Waals surface area contributed by atoms with E-state index in [2.05, 4.69) is 24.7 Å². The summed E-state index contributed by atoms with van der Waals surface area (Å²) in [6, 6.07) is 9.51. The van der Waals surface area contributed by atoms with E-state index in [0.717, 1.165) is 23.4 Å². The number of nitrogens with zero attached hydrogens (tertiary/aromatic N) is 2. The van der Waals surface area contributed by atoms with Crippen LogP contribution in [0, 0.1) is 0 Å². The minimum Gasteiger partial charge on any atom is -0.494 e. The van der Waals surface area contributed by atoms with Gasteiger partial charge in [-0.1, -0.05) is 19.1 Å². The molecule has 0 saturated carbocycles. The van der Waals surface area contributed by atoms with Gasteiger partial charge in [0.2, 0.25) is 0 Å². The summed E-state index contributed by atoms with van der Waals surface area (Å²) in [6.07, 6.45) is 0.964. The fourth-order valence-corrected chi connectivity index (χ4v) is 2.12. The molecule has 0 bridgehead atoms. The zero-order chi connectivity index (χ0) is 14.5.